The molecule has 3 rings (SSSR count). The number of hydrogen-bond donors (Lipinski definition) is 0. The van der Waals surface area contributed by atoms with Gasteiger partial charge in [0, 0.05) is 31.7 Å². The largest absolute Gasteiger partial charge is 0.496 e. The highest BCUT2D eigenvalue weighted by molar-refractivity contribution is 5.97. The zero-order valence-electron chi connectivity index (χ0n) is 15.6. The van der Waals surface area contributed by atoms with Gasteiger partial charge >= 0.3 is 0 Å². The highest BCUT2D eigenvalue weighted by Gasteiger charge is 2.25. The van der Waals surface area contributed by atoms with E-state index in [1.807, 2.05) is 19.1 Å². The van der Waals surface area contributed by atoms with E-state index in [-0.39, 0.29) is 11.8 Å². The van der Waals surface area contributed by atoms with Gasteiger partial charge in [0.2, 0.25) is 0 Å². The maximum absolute atomic E-state index is 13.4. The van der Waals surface area contributed by atoms with E-state index in [4.69, 9.17) is 4.74 Å². The van der Waals surface area contributed by atoms with Crippen molar-refractivity contribution in [1.29, 1.82) is 0 Å². The number of hydrogen-bond acceptors (Lipinski definition) is 3. The molecule has 1 fully saturated rings. The Bertz CT molecular complexity index is 853. The summed E-state index contributed by atoms with van der Waals surface area (Å²) >= 11 is 0. The van der Waals surface area contributed by atoms with Crippen LogP contribution in [-0.2, 0) is 0 Å². The van der Waals surface area contributed by atoms with Crippen LogP contribution in [-0.4, -0.2) is 54.9 Å². The molecule has 2 aromatic carbocycles. The number of benzene rings is 2. The molecule has 5 nitrogen and oxygen atoms in total. The number of ether oxygens (including phenoxy) is 1. The molecule has 0 spiro atoms. The van der Waals surface area contributed by atoms with Crippen LogP contribution >= 0.6 is 0 Å². The van der Waals surface area contributed by atoms with Crippen molar-refractivity contribution >= 4 is 11.8 Å². The van der Waals surface area contributed by atoms with E-state index in [0.29, 0.717) is 49.5 Å². The van der Waals surface area contributed by atoms with Crippen molar-refractivity contribution in [2.24, 2.45) is 0 Å². The van der Waals surface area contributed by atoms with E-state index in [9.17, 15) is 14.0 Å². The molecule has 0 atom stereocenters. The minimum Gasteiger partial charge on any atom is -0.496 e. The highest BCUT2D eigenvalue weighted by atomic mass is 19.1. The minimum atomic E-state index is -0.431. The lowest BCUT2D eigenvalue weighted by atomic mass is 10.1. The summed E-state index contributed by atoms with van der Waals surface area (Å²) in [5.74, 6) is -0.200. The fourth-order valence-electron chi connectivity index (χ4n) is 3.29. The summed E-state index contributed by atoms with van der Waals surface area (Å²) < 4.78 is 18.7. The van der Waals surface area contributed by atoms with Crippen molar-refractivity contribution in [3.63, 3.8) is 0 Å². The summed E-state index contributed by atoms with van der Waals surface area (Å²) in [5.41, 5.74) is 1.84. The molecule has 0 saturated carbocycles. The summed E-state index contributed by atoms with van der Waals surface area (Å²) in [7, 11) is 1.54. The molecule has 1 aliphatic heterocycles. The van der Waals surface area contributed by atoms with Gasteiger partial charge in [-0.25, -0.2) is 4.39 Å². The smallest absolute Gasteiger partial charge is 0.257 e. The van der Waals surface area contributed by atoms with Gasteiger partial charge in [0.25, 0.3) is 11.8 Å². The molecule has 1 heterocycles. The second-order valence-corrected chi connectivity index (χ2v) is 6.65. The Balaban J connectivity index is 1.72. The van der Waals surface area contributed by atoms with E-state index < -0.39 is 5.82 Å². The normalized spacial score (nSPS) is 14.6. The van der Waals surface area contributed by atoms with Crippen molar-refractivity contribution in [2.75, 3.05) is 33.3 Å². The third-order valence-electron chi connectivity index (χ3n) is 4.73. The molecule has 0 aliphatic carbocycles. The topological polar surface area (TPSA) is 49.9 Å². The Labute approximate surface area is 158 Å². The molecule has 27 heavy (non-hydrogen) atoms. The minimum absolute atomic E-state index is 0.101. The standard InChI is InChI=1S/C21H23FN2O3/c1-15-7-8-19(27-2)18(13-15)21(26)24-10-4-9-23(11-12-24)20(25)16-5-3-6-17(22)14-16/h3,5-8,13-14H,4,9-12H2,1-2H3. The average Bonchev–Trinajstić information content (AvgIpc) is 2.93. The molecule has 1 saturated heterocycles. The zero-order valence-corrected chi connectivity index (χ0v) is 15.6. The van der Waals surface area contributed by atoms with Crippen LogP contribution in [0.2, 0.25) is 0 Å². The molecule has 0 N–H and O–H groups in total. The summed E-state index contributed by atoms with van der Waals surface area (Å²) in [6, 6.07) is 11.2. The van der Waals surface area contributed by atoms with Gasteiger partial charge in [-0.2, -0.15) is 0 Å². The van der Waals surface area contributed by atoms with Crippen LogP contribution in [0.3, 0.4) is 0 Å². The predicted octanol–water partition coefficient (Wildman–Crippen LogP) is 3.13. The molecule has 0 radical (unpaired) electrons. The first-order valence-corrected chi connectivity index (χ1v) is 8.98. The maximum Gasteiger partial charge on any atom is 0.257 e. The lowest BCUT2D eigenvalue weighted by Crippen LogP contribution is -2.37. The zero-order chi connectivity index (χ0) is 19.4. The molecule has 2 aromatic rings. The summed E-state index contributed by atoms with van der Waals surface area (Å²) in [5, 5.41) is 0. The lowest BCUT2D eigenvalue weighted by molar-refractivity contribution is 0.0716. The van der Waals surface area contributed by atoms with E-state index in [1.54, 1.807) is 29.0 Å². The molecule has 0 unspecified atom stereocenters. The first-order valence-electron chi connectivity index (χ1n) is 8.98. The number of carbonyl (C=O) groups excluding carboxylic acids is 2. The first kappa shape index (κ1) is 18.9. The van der Waals surface area contributed by atoms with E-state index >= 15 is 0 Å². The van der Waals surface area contributed by atoms with Gasteiger partial charge in [-0.15, -0.1) is 0 Å². The maximum atomic E-state index is 13.4. The van der Waals surface area contributed by atoms with E-state index in [1.165, 1.54) is 18.2 Å². The van der Waals surface area contributed by atoms with E-state index in [2.05, 4.69) is 0 Å². The van der Waals surface area contributed by atoms with Crippen LogP contribution in [0.4, 0.5) is 4.39 Å². The van der Waals surface area contributed by atoms with Crippen molar-refractivity contribution in [3.8, 4) is 5.75 Å². The number of halogens is 1. The molecule has 2 amide bonds. The van der Waals surface area contributed by atoms with Crippen LogP contribution in [0.5, 0.6) is 5.75 Å². The van der Waals surface area contributed by atoms with Gasteiger partial charge in [-0.05, 0) is 43.7 Å². The van der Waals surface area contributed by atoms with Crippen molar-refractivity contribution in [3.05, 3.63) is 65.0 Å². The van der Waals surface area contributed by atoms with Crippen LogP contribution in [0.25, 0.3) is 0 Å². The average molecular weight is 370 g/mol. The van der Waals surface area contributed by atoms with Gasteiger partial charge in [0.05, 0.1) is 12.7 Å². The molecule has 0 bridgehead atoms. The molecule has 0 aromatic heterocycles. The summed E-state index contributed by atoms with van der Waals surface area (Å²) in [6.45, 7) is 3.86. The summed E-state index contributed by atoms with van der Waals surface area (Å²) in [4.78, 5) is 29.0. The van der Waals surface area contributed by atoms with Gasteiger partial charge in [0.1, 0.15) is 11.6 Å². The fourth-order valence-corrected chi connectivity index (χ4v) is 3.29. The first-order chi connectivity index (χ1) is 13.0. The third-order valence-corrected chi connectivity index (χ3v) is 4.73. The lowest BCUT2D eigenvalue weighted by Gasteiger charge is -2.23. The van der Waals surface area contributed by atoms with Crippen LogP contribution in [0.15, 0.2) is 42.5 Å². The van der Waals surface area contributed by atoms with E-state index in [0.717, 1.165) is 5.56 Å². The fraction of sp³-hybridized carbons (Fsp3) is 0.333. The van der Waals surface area contributed by atoms with Crippen molar-refractivity contribution in [2.45, 2.75) is 13.3 Å². The highest BCUT2D eigenvalue weighted by Crippen LogP contribution is 2.22. The Morgan fingerprint density at radius 2 is 1.67 bits per heavy atom. The number of aryl methyl sites for hydroxylation is 1. The molecule has 6 heteroatoms. The van der Waals surface area contributed by atoms with Gasteiger partial charge in [-0.3, -0.25) is 9.59 Å². The van der Waals surface area contributed by atoms with Crippen LogP contribution in [0.1, 0.15) is 32.7 Å². The SMILES string of the molecule is COc1ccc(C)cc1C(=O)N1CCCN(C(=O)c2cccc(F)c2)CC1. The van der Waals surface area contributed by atoms with Gasteiger partial charge < -0.3 is 14.5 Å². The monoisotopic (exact) mass is 370 g/mol. The Morgan fingerprint density at radius 1 is 0.963 bits per heavy atom. The van der Waals surface area contributed by atoms with Gasteiger partial charge in [-0.1, -0.05) is 17.7 Å². The Hall–Kier alpha value is -2.89. The Morgan fingerprint density at radius 3 is 2.33 bits per heavy atom. The third kappa shape index (κ3) is 4.27. The molecule has 142 valence electrons. The quantitative estimate of drug-likeness (QED) is 0.834. The second kappa shape index (κ2) is 8.20. The number of rotatable bonds is 3. The number of nitrogens with zero attached hydrogens (tertiary/aromatic N) is 2. The molecule has 1 aliphatic rings. The Kier molecular flexibility index (Phi) is 5.74. The predicted molar refractivity (Wildman–Crippen MR) is 101 cm³/mol. The second-order valence-electron chi connectivity index (χ2n) is 6.65. The number of amides is 2. The summed E-state index contributed by atoms with van der Waals surface area (Å²) in [6.07, 6.45) is 0.668. The van der Waals surface area contributed by atoms with Crippen molar-refractivity contribution < 1.29 is 18.7 Å². The van der Waals surface area contributed by atoms with Crippen molar-refractivity contribution in [1.82, 2.24) is 9.80 Å². The van der Waals surface area contributed by atoms with Crippen LogP contribution < -0.4 is 4.74 Å². The molecular formula is C21H23FN2O3. The van der Waals surface area contributed by atoms with Gasteiger partial charge in [0.15, 0.2) is 0 Å². The molecular weight excluding hydrogens is 347 g/mol. The number of methoxy groups -OCH3 is 1. The van der Waals surface area contributed by atoms with Crippen LogP contribution in [0, 0.1) is 12.7 Å². The number of carbonyl (C=O) groups is 2.